The molecule has 0 aromatic heterocycles. The maximum Gasteiger partial charge on any atom is 0.321 e. The molecule has 1 aliphatic heterocycles. The van der Waals surface area contributed by atoms with Crippen molar-refractivity contribution in [2.75, 3.05) is 39.8 Å². The van der Waals surface area contributed by atoms with Crippen molar-refractivity contribution in [2.24, 2.45) is 0 Å². The standard InChI is InChI=1S/C15H20F2N4O4S/c1-18-15(23)19-13(22)5-6-20-7-9-21(10-8-20)26(24,25)14-11(16)3-2-4-12(14)17/h2-4H,5-10H2,1H3,(H2,18,19,22,23). The molecule has 0 spiro atoms. The van der Waals surface area contributed by atoms with Gasteiger partial charge in [0.1, 0.15) is 11.6 Å². The second kappa shape index (κ2) is 8.52. The van der Waals surface area contributed by atoms with Crippen molar-refractivity contribution < 1.29 is 26.8 Å². The van der Waals surface area contributed by atoms with E-state index in [1.54, 1.807) is 0 Å². The van der Waals surface area contributed by atoms with E-state index in [1.807, 2.05) is 4.90 Å². The lowest BCUT2D eigenvalue weighted by Crippen LogP contribution is -2.49. The van der Waals surface area contributed by atoms with E-state index in [9.17, 15) is 26.8 Å². The van der Waals surface area contributed by atoms with Crippen molar-refractivity contribution >= 4 is 22.0 Å². The predicted octanol–water partition coefficient (Wildman–Crippen LogP) is 0.117. The van der Waals surface area contributed by atoms with Crippen LogP contribution in [0.15, 0.2) is 23.1 Å². The molecule has 0 bridgehead atoms. The first-order valence-corrected chi connectivity index (χ1v) is 9.38. The Morgan fingerprint density at radius 2 is 1.69 bits per heavy atom. The average molecular weight is 390 g/mol. The minimum Gasteiger partial charge on any atom is -0.341 e. The summed E-state index contributed by atoms with van der Waals surface area (Å²) in [5, 5.41) is 4.39. The Morgan fingerprint density at radius 3 is 2.23 bits per heavy atom. The fourth-order valence-corrected chi connectivity index (χ4v) is 4.09. The Kier molecular flexibility index (Phi) is 6.62. The molecule has 3 amide bonds. The third kappa shape index (κ3) is 4.74. The monoisotopic (exact) mass is 390 g/mol. The van der Waals surface area contributed by atoms with Crippen LogP contribution in [-0.2, 0) is 14.8 Å². The summed E-state index contributed by atoms with van der Waals surface area (Å²) in [6.45, 7) is 1.05. The quantitative estimate of drug-likeness (QED) is 0.744. The van der Waals surface area contributed by atoms with E-state index in [4.69, 9.17) is 0 Å². The molecule has 144 valence electrons. The van der Waals surface area contributed by atoms with Crippen molar-refractivity contribution in [3.8, 4) is 0 Å². The maximum atomic E-state index is 13.8. The molecule has 1 saturated heterocycles. The molecule has 8 nitrogen and oxygen atoms in total. The molecule has 1 aromatic carbocycles. The number of nitrogens with one attached hydrogen (secondary N) is 2. The smallest absolute Gasteiger partial charge is 0.321 e. The number of hydrogen-bond acceptors (Lipinski definition) is 5. The Balaban J connectivity index is 1.92. The van der Waals surface area contributed by atoms with Crippen LogP contribution in [0.4, 0.5) is 13.6 Å². The molecule has 1 aliphatic rings. The lowest BCUT2D eigenvalue weighted by Gasteiger charge is -2.33. The molecule has 0 saturated carbocycles. The van der Waals surface area contributed by atoms with E-state index >= 15 is 0 Å². The number of carbonyl (C=O) groups excluding carboxylic acids is 2. The summed E-state index contributed by atoms with van der Waals surface area (Å²) in [6, 6.07) is 2.30. The van der Waals surface area contributed by atoms with Crippen molar-refractivity contribution in [3.63, 3.8) is 0 Å². The summed E-state index contributed by atoms with van der Waals surface area (Å²) in [7, 11) is -2.88. The zero-order valence-corrected chi connectivity index (χ0v) is 15.0. The molecule has 1 fully saturated rings. The van der Waals surface area contributed by atoms with Crippen LogP contribution < -0.4 is 10.6 Å². The molecule has 0 atom stereocenters. The Hall–Kier alpha value is -2.11. The Labute approximate surface area is 150 Å². The van der Waals surface area contributed by atoms with Crippen molar-refractivity contribution in [2.45, 2.75) is 11.3 Å². The molecule has 0 aliphatic carbocycles. The summed E-state index contributed by atoms with van der Waals surface area (Å²) in [6.07, 6.45) is 0.0715. The van der Waals surface area contributed by atoms with Crippen LogP contribution in [0.5, 0.6) is 0 Å². The van der Waals surface area contributed by atoms with Crippen LogP contribution >= 0.6 is 0 Å². The van der Waals surface area contributed by atoms with E-state index in [2.05, 4.69) is 10.6 Å². The fourth-order valence-electron chi connectivity index (χ4n) is 2.56. The van der Waals surface area contributed by atoms with Crippen LogP contribution in [0.2, 0.25) is 0 Å². The number of benzene rings is 1. The van der Waals surface area contributed by atoms with E-state index in [1.165, 1.54) is 7.05 Å². The van der Waals surface area contributed by atoms with Gasteiger partial charge < -0.3 is 10.2 Å². The van der Waals surface area contributed by atoms with Gasteiger partial charge in [-0.05, 0) is 12.1 Å². The molecular weight excluding hydrogens is 370 g/mol. The SMILES string of the molecule is CNC(=O)NC(=O)CCN1CCN(S(=O)(=O)c2c(F)cccc2F)CC1. The predicted molar refractivity (Wildman–Crippen MR) is 88.8 cm³/mol. The molecule has 2 N–H and O–H groups in total. The number of carbonyl (C=O) groups is 2. The van der Waals surface area contributed by atoms with E-state index in [0.29, 0.717) is 19.6 Å². The van der Waals surface area contributed by atoms with Gasteiger partial charge in [0.05, 0.1) is 0 Å². The van der Waals surface area contributed by atoms with Crippen LogP contribution in [0.1, 0.15) is 6.42 Å². The Bertz CT molecular complexity index is 760. The van der Waals surface area contributed by atoms with Crippen LogP contribution in [0.25, 0.3) is 0 Å². The second-order valence-electron chi connectivity index (χ2n) is 5.67. The minimum atomic E-state index is -4.27. The summed E-state index contributed by atoms with van der Waals surface area (Å²) < 4.78 is 53.5. The van der Waals surface area contributed by atoms with Gasteiger partial charge in [-0.3, -0.25) is 10.1 Å². The van der Waals surface area contributed by atoms with Gasteiger partial charge in [-0.1, -0.05) is 6.07 Å². The molecule has 2 rings (SSSR count). The first kappa shape index (κ1) is 20.2. The summed E-state index contributed by atoms with van der Waals surface area (Å²) in [5.74, 6) is -2.70. The van der Waals surface area contributed by atoms with Gasteiger partial charge in [0.15, 0.2) is 4.90 Å². The van der Waals surface area contributed by atoms with Gasteiger partial charge in [0, 0.05) is 46.2 Å². The lowest BCUT2D eigenvalue weighted by molar-refractivity contribution is -0.120. The maximum absolute atomic E-state index is 13.8. The highest BCUT2D eigenvalue weighted by Gasteiger charge is 2.33. The number of hydrogen-bond donors (Lipinski definition) is 2. The topological polar surface area (TPSA) is 98.8 Å². The van der Waals surface area contributed by atoms with Gasteiger partial charge in [0.2, 0.25) is 15.9 Å². The van der Waals surface area contributed by atoms with Crippen LogP contribution in [0.3, 0.4) is 0 Å². The molecule has 11 heteroatoms. The molecule has 0 radical (unpaired) electrons. The third-order valence-corrected chi connectivity index (χ3v) is 5.93. The number of halogens is 2. The highest BCUT2D eigenvalue weighted by atomic mass is 32.2. The van der Waals surface area contributed by atoms with Crippen molar-refractivity contribution in [3.05, 3.63) is 29.8 Å². The first-order chi connectivity index (χ1) is 12.3. The first-order valence-electron chi connectivity index (χ1n) is 7.93. The molecule has 0 unspecified atom stereocenters. The zero-order valence-electron chi connectivity index (χ0n) is 14.2. The van der Waals surface area contributed by atoms with Crippen molar-refractivity contribution in [1.29, 1.82) is 0 Å². The van der Waals surface area contributed by atoms with Gasteiger partial charge >= 0.3 is 6.03 Å². The molecule has 1 heterocycles. The number of piperazine rings is 1. The summed E-state index contributed by atoms with van der Waals surface area (Å²) >= 11 is 0. The van der Waals surface area contributed by atoms with Crippen LogP contribution in [0, 0.1) is 11.6 Å². The number of rotatable bonds is 5. The molecule has 1 aromatic rings. The minimum absolute atomic E-state index is 0.0488. The van der Waals surface area contributed by atoms with Gasteiger partial charge in [-0.25, -0.2) is 22.0 Å². The number of sulfonamides is 1. The second-order valence-corrected chi connectivity index (χ2v) is 7.55. The van der Waals surface area contributed by atoms with Crippen molar-refractivity contribution in [1.82, 2.24) is 19.8 Å². The lowest BCUT2D eigenvalue weighted by atomic mass is 10.3. The van der Waals surface area contributed by atoms with Crippen LogP contribution in [-0.4, -0.2) is 69.3 Å². The van der Waals surface area contributed by atoms with Gasteiger partial charge in [0.25, 0.3) is 0 Å². The fraction of sp³-hybridized carbons (Fsp3) is 0.467. The number of amides is 3. The zero-order chi connectivity index (χ0) is 19.3. The normalized spacial score (nSPS) is 16.3. The van der Waals surface area contributed by atoms with Gasteiger partial charge in [-0.15, -0.1) is 0 Å². The number of nitrogens with zero attached hydrogens (tertiary/aromatic N) is 2. The third-order valence-electron chi connectivity index (χ3n) is 3.98. The Morgan fingerprint density at radius 1 is 1.12 bits per heavy atom. The molecular formula is C15H20F2N4O4S. The summed E-state index contributed by atoms with van der Waals surface area (Å²) in [4.78, 5) is 23.5. The highest BCUT2D eigenvalue weighted by molar-refractivity contribution is 7.89. The largest absolute Gasteiger partial charge is 0.341 e. The van der Waals surface area contributed by atoms with E-state index < -0.39 is 38.5 Å². The summed E-state index contributed by atoms with van der Waals surface area (Å²) in [5.41, 5.74) is 0. The number of imide groups is 1. The van der Waals surface area contributed by atoms with E-state index in [-0.39, 0.29) is 19.5 Å². The highest BCUT2D eigenvalue weighted by Crippen LogP contribution is 2.23. The van der Waals surface area contributed by atoms with Gasteiger partial charge in [-0.2, -0.15) is 4.31 Å². The number of urea groups is 1. The van der Waals surface area contributed by atoms with E-state index in [0.717, 1.165) is 22.5 Å². The average Bonchev–Trinajstić information content (AvgIpc) is 2.60. The molecule has 26 heavy (non-hydrogen) atoms.